The lowest BCUT2D eigenvalue weighted by Crippen LogP contribution is -2.33. The van der Waals surface area contributed by atoms with Crippen LogP contribution >= 0.6 is 0 Å². The number of hydrogen-bond donors (Lipinski definition) is 2. The lowest BCUT2D eigenvalue weighted by atomic mass is 10.2. The molecule has 112 valence electrons. The van der Waals surface area contributed by atoms with Crippen molar-refractivity contribution in [3.63, 3.8) is 0 Å². The highest BCUT2D eigenvalue weighted by atomic mass is 19.1. The first-order valence-corrected chi connectivity index (χ1v) is 6.57. The molecular weight excluding hydrogens is 275 g/mol. The molecule has 0 fully saturated rings. The SMILES string of the molecule is CC(CNC(=O)c1coc(CN)c1)Oc1ccccc1F. The summed E-state index contributed by atoms with van der Waals surface area (Å²) >= 11 is 0. The average Bonchev–Trinajstić information content (AvgIpc) is 2.96. The molecule has 1 atom stereocenters. The number of amides is 1. The number of halogens is 1. The van der Waals surface area contributed by atoms with Gasteiger partial charge in [0.1, 0.15) is 18.1 Å². The summed E-state index contributed by atoms with van der Waals surface area (Å²) < 4.78 is 23.9. The van der Waals surface area contributed by atoms with Crippen molar-refractivity contribution in [2.24, 2.45) is 5.73 Å². The van der Waals surface area contributed by atoms with Gasteiger partial charge in [-0.3, -0.25) is 4.79 Å². The van der Waals surface area contributed by atoms with Crippen LogP contribution in [0, 0.1) is 5.82 Å². The maximum atomic E-state index is 13.4. The summed E-state index contributed by atoms with van der Waals surface area (Å²) in [6, 6.07) is 7.71. The van der Waals surface area contributed by atoms with Gasteiger partial charge >= 0.3 is 0 Å². The van der Waals surface area contributed by atoms with Crippen molar-refractivity contribution in [3.05, 3.63) is 53.7 Å². The maximum absolute atomic E-state index is 13.4. The minimum Gasteiger partial charge on any atom is -0.486 e. The molecule has 0 aliphatic heterocycles. The second kappa shape index (κ2) is 6.90. The van der Waals surface area contributed by atoms with Gasteiger partial charge in [0.25, 0.3) is 5.91 Å². The molecule has 1 unspecified atom stereocenters. The molecule has 0 aliphatic carbocycles. The normalized spacial score (nSPS) is 12.0. The molecule has 3 N–H and O–H groups in total. The molecule has 1 aromatic heterocycles. The van der Waals surface area contributed by atoms with Crippen molar-refractivity contribution in [1.29, 1.82) is 0 Å². The Bertz CT molecular complexity index is 612. The highest BCUT2D eigenvalue weighted by Crippen LogP contribution is 2.16. The van der Waals surface area contributed by atoms with Crippen molar-refractivity contribution in [1.82, 2.24) is 5.32 Å². The lowest BCUT2D eigenvalue weighted by molar-refractivity contribution is 0.0930. The third kappa shape index (κ3) is 4.06. The van der Waals surface area contributed by atoms with Crippen LogP contribution < -0.4 is 15.8 Å². The van der Waals surface area contributed by atoms with E-state index < -0.39 is 5.82 Å². The predicted octanol–water partition coefficient (Wildman–Crippen LogP) is 2.07. The number of hydrogen-bond acceptors (Lipinski definition) is 4. The molecule has 2 aromatic rings. The van der Waals surface area contributed by atoms with Crippen LogP contribution in [0.25, 0.3) is 0 Å². The van der Waals surface area contributed by atoms with Crippen molar-refractivity contribution >= 4 is 5.91 Å². The largest absolute Gasteiger partial charge is 0.486 e. The van der Waals surface area contributed by atoms with Gasteiger partial charge in [-0.2, -0.15) is 0 Å². The summed E-state index contributed by atoms with van der Waals surface area (Å²) in [7, 11) is 0. The Morgan fingerprint density at radius 3 is 2.90 bits per heavy atom. The number of furan rings is 1. The number of nitrogens with two attached hydrogens (primary N) is 1. The summed E-state index contributed by atoms with van der Waals surface area (Å²) in [5, 5.41) is 2.69. The van der Waals surface area contributed by atoms with E-state index in [-0.39, 0.29) is 30.9 Å². The molecule has 0 spiro atoms. The number of nitrogens with one attached hydrogen (secondary N) is 1. The van der Waals surface area contributed by atoms with Gasteiger partial charge in [-0.1, -0.05) is 12.1 Å². The zero-order valence-corrected chi connectivity index (χ0v) is 11.6. The minimum atomic E-state index is -0.432. The smallest absolute Gasteiger partial charge is 0.254 e. The molecule has 0 radical (unpaired) electrons. The highest BCUT2D eigenvalue weighted by Gasteiger charge is 2.12. The summed E-state index contributed by atoms with van der Waals surface area (Å²) in [6.45, 7) is 2.23. The fraction of sp³-hybridized carbons (Fsp3) is 0.267. The molecule has 0 saturated carbocycles. The summed E-state index contributed by atoms with van der Waals surface area (Å²) in [4.78, 5) is 11.9. The Balaban J connectivity index is 1.85. The number of benzene rings is 1. The summed E-state index contributed by atoms with van der Waals surface area (Å²) in [5.41, 5.74) is 5.80. The molecule has 6 heteroatoms. The van der Waals surface area contributed by atoms with Crippen LogP contribution in [0.1, 0.15) is 23.0 Å². The van der Waals surface area contributed by atoms with Crippen LogP contribution in [-0.4, -0.2) is 18.6 Å². The zero-order valence-electron chi connectivity index (χ0n) is 11.6. The summed E-state index contributed by atoms with van der Waals surface area (Å²) in [6.07, 6.45) is 0.978. The average molecular weight is 292 g/mol. The van der Waals surface area contributed by atoms with Gasteiger partial charge in [0, 0.05) is 0 Å². The molecule has 1 heterocycles. The second-order valence-electron chi connectivity index (χ2n) is 4.57. The van der Waals surface area contributed by atoms with Gasteiger partial charge in [-0.25, -0.2) is 4.39 Å². The van der Waals surface area contributed by atoms with Gasteiger partial charge in [0.05, 0.1) is 18.7 Å². The Kier molecular flexibility index (Phi) is 4.94. The van der Waals surface area contributed by atoms with Crippen LogP contribution in [0.2, 0.25) is 0 Å². The monoisotopic (exact) mass is 292 g/mol. The van der Waals surface area contributed by atoms with E-state index in [0.717, 1.165) is 0 Å². The third-order valence-electron chi connectivity index (χ3n) is 2.83. The van der Waals surface area contributed by atoms with Crippen LogP contribution in [-0.2, 0) is 6.54 Å². The van der Waals surface area contributed by atoms with Crippen molar-refractivity contribution < 1.29 is 18.3 Å². The number of carbonyl (C=O) groups excluding carboxylic acids is 1. The topological polar surface area (TPSA) is 77.5 Å². The van der Waals surface area contributed by atoms with Crippen LogP contribution in [0.3, 0.4) is 0 Å². The number of rotatable bonds is 6. The van der Waals surface area contributed by atoms with Crippen molar-refractivity contribution in [3.8, 4) is 5.75 Å². The molecule has 1 amide bonds. The van der Waals surface area contributed by atoms with E-state index in [9.17, 15) is 9.18 Å². The Labute approximate surface area is 121 Å². The Morgan fingerprint density at radius 2 is 2.24 bits per heavy atom. The predicted molar refractivity (Wildman–Crippen MR) is 75.4 cm³/mol. The first-order valence-electron chi connectivity index (χ1n) is 6.57. The number of para-hydroxylation sites is 1. The minimum absolute atomic E-state index is 0.160. The highest BCUT2D eigenvalue weighted by molar-refractivity contribution is 5.93. The van der Waals surface area contributed by atoms with Crippen LogP contribution in [0.15, 0.2) is 41.0 Å². The second-order valence-corrected chi connectivity index (χ2v) is 4.57. The van der Waals surface area contributed by atoms with Gasteiger partial charge in [0.2, 0.25) is 0 Å². The van der Waals surface area contributed by atoms with Crippen molar-refractivity contribution in [2.75, 3.05) is 6.54 Å². The van der Waals surface area contributed by atoms with Gasteiger partial charge in [0.15, 0.2) is 11.6 Å². The number of ether oxygens (including phenoxy) is 1. The Hall–Kier alpha value is -2.34. The van der Waals surface area contributed by atoms with E-state index in [0.29, 0.717) is 11.3 Å². The van der Waals surface area contributed by atoms with Crippen molar-refractivity contribution in [2.45, 2.75) is 19.6 Å². The first-order chi connectivity index (χ1) is 10.1. The zero-order chi connectivity index (χ0) is 15.2. The maximum Gasteiger partial charge on any atom is 0.254 e. The molecule has 0 bridgehead atoms. The first kappa shape index (κ1) is 15.1. The molecule has 5 nitrogen and oxygen atoms in total. The molecule has 0 aliphatic rings. The molecular formula is C15H17FN2O3. The number of carbonyl (C=O) groups is 1. The van der Waals surface area contributed by atoms with E-state index in [2.05, 4.69) is 5.32 Å². The molecule has 21 heavy (non-hydrogen) atoms. The van der Waals surface area contributed by atoms with E-state index in [1.54, 1.807) is 25.1 Å². The van der Waals surface area contributed by atoms with E-state index in [1.165, 1.54) is 18.4 Å². The van der Waals surface area contributed by atoms with Crippen LogP contribution in [0.5, 0.6) is 5.75 Å². The van der Waals surface area contributed by atoms with Crippen LogP contribution in [0.4, 0.5) is 4.39 Å². The lowest BCUT2D eigenvalue weighted by Gasteiger charge is -2.15. The van der Waals surface area contributed by atoms with E-state index in [4.69, 9.17) is 14.9 Å². The van der Waals surface area contributed by atoms with Gasteiger partial charge in [-0.15, -0.1) is 0 Å². The van der Waals surface area contributed by atoms with E-state index >= 15 is 0 Å². The fourth-order valence-electron chi connectivity index (χ4n) is 1.74. The molecule has 0 saturated heterocycles. The molecule has 2 rings (SSSR count). The summed E-state index contributed by atoms with van der Waals surface area (Å²) in [5.74, 6) is -0.0238. The standard InChI is InChI=1S/C15H17FN2O3/c1-10(21-14-5-3-2-4-13(14)16)8-18-15(19)11-6-12(7-17)20-9-11/h2-6,9-10H,7-8,17H2,1H3,(H,18,19). The third-order valence-corrected chi connectivity index (χ3v) is 2.83. The van der Waals surface area contributed by atoms with Gasteiger partial charge < -0.3 is 20.2 Å². The fourth-order valence-corrected chi connectivity index (χ4v) is 1.74. The molecule has 1 aromatic carbocycles. The van der Waals surface area contributed by atoms with Gasteiger partial charge in [-0.05, 0) is 25.1 Å². The Morgan fingerprint density at radius 1 is 1.48 bits per heavy atom. The van der Waals surface area contributed by atoms with E-state index in [1.807, 2.05) is 0 Å². The quantitative estimate of drug-likeness (QED) is 0.854.